The second kappa shape index (κ2) is 3.74. The number of ether oxygens (including phenoxy) is 1. The van der Waals surface area contributed by atoms with Crippen LogP contribution in [-0.2, 0) is 0 Å². The van der Waals surface area contributed by atoms with Gasteiger partial charge in [-0.2, -0.15) is 0 Å². The van der Waals surface area contributed by atoms with Crippen LogP contribution in [0.2, 0.25) is 0 Å². The summed E-state index contributed by atoms with van der Waals surface area (Å²) in [6, 6.07) is 6.19. The molecule has 1 aromatic carbocycles. The summed E-state index contributed by atoms with van der Waals surface area (Å²) in [6.07, 6.45) is 2.89. The minimum Gasteiger partial charge on any atom is -0.489 e. The van der Waals surface area contributed by atoms with Gasteiger partial charge in [-0.3, -0.25) is 0 Å². The van der Waals surface area contributed by atoms with Gasteiger partial charge < -0.3 is 10.1 Å². The van der Waals surface area contributed by atoms with Crippen molar-refractivity contribution < 1.29 is 4.74 Å². The number of anilines is 1. The largest absolute Gasteiger partial charge is 0.489 e. The van der Waals surface area contributed by atoms with Crippen LogP contribution in [0.5, 0.6) is 5.75 Å². The number of benzene rings is 1. The van der Waals surface area contributed by atoms with E-state index in [1.165, 1.54) is 16.4 Å². The lowest BCUT2D eigenvalue weighted by molar-refractivity contribution is 0.301. The second-order valence-corrected chi connectivity index (χ2v) is 4.37. The first-order valence-corrected chi connectivity index (χ1v) is 5.51. The molecule has 2 nitrogen and oxygen atoms in total. The molecular weight excluding hydrogens is 277 g/mol. The predicted octanol–water partition coefficient (Wildman–Crippen LogP) is 2.87. The van der Waals surface area contributed by atoms with E-state index in [9.17, 15) is 0 Å². The van der Waals surface area contributed by atoms with Crippen LogP contribution in [0.25, 0.3) is 0 Å². The lowest BCUT2D eigenvalue weighted by Gasteiger charge is -2.08. The second-order valence-electron chi connectivity index (χ2n) is 3.21. The Bertz CT molecular complexity index is 310. The van der Waals surface area contributed by atoms with E-state index in [4.69, 9.17) is 4.74 Å². The third-order valence-electron chi connectivity index (χ3n) is 2.04. The summed E-state index contributed by atoms with van der Waals surface area (Å²) in [6.45, 7) is 0. The molecule has 1 N–H and O–H groups in total. The quantitative estimate of drug-likeness (QED) is 0.864. The molecule has 0 amide bonds. The molecule has 3 heteroatoms. The normalized spacial score (nSPS) is 15.5. The van der Waals surface area contributed by atoms with Crippen molar-refractivity contribution in [2.75, 3.05) is 12.4 Å². The number of hydrogen-bond acceptors (Lipinski definition) is 2. The van der Waals surface area contributed by atoms with Gasteiger partial charge in [0, 0.05) is 18.8 Å². The van der Waals surface area contributed by atoms with E-state index >= 15 is 0 Å². The minimum atomic E-state index is 0.473. The van der Waals surface area contributed by atoms with Crippen molar-refractivity contribution in [2.24, 2.45) is 0 Å². The molecule has 0 heterocycles. The summed E-state index contributed by atoms with van der Waals surface area (Å²) in [5.74, 6) is 1.01. The Balaban J connectivity index is 2.19. The zero-order valence-corrected chi connectivity index (χ0v) is 9.67. The molecule has 13 heavy (non-hydrogen) atoms. The molecule has 0 aromatic heterocycles. The first-order valence-electron chi connectivity index (χ1n) is 4.43. The standard InChI is InChI=1S/C10H12INO/c1-12-7-2-5-9(11)10(6-7)13-8-3-4-8/h2,5-6,8,12H,3-4H2,1H3. The van der Waals surface area contributed by atoms with E-state index in [2.05, 4.69) is 46.1 Å². The maximum absolute atomic E-state index is 5.75. The van der Waals surface area contributed by atoms with E-state index < -0.39 is 0 Å². The molecule has 2 rings (SSSR count). The molecule has 0 radical (unpaired) electrons. The van der Waals surface area contributed by atoms with Crippen LogP contribution >= 0.6 is 22.6 Å². The fourth-order valence-corrected chi connectivity index (χ4v) is 1.58. The summed E-state index contributed by atoms with van der Waals surface area (Å²) in [7, 11) is 1.92. The SMILES string of the molecule is CNc1ccc(I)c(OC2CC2)c1. The highest BCUT2D eigenvalue weighted by atomic mass is 127. The van der Waals surface area contributed by atoms with E-state index in [0.717, 1.165) is 11.4 Å². The van der Waals surface area contributed by atoms with Crippen molar-refractivity contribution in [3.8, 4) is 5.75 Å². The smallest absolute Gasteiger partial charge is 0.135 e. The summed E-state index contributed by atoms with van der Waals surface area (Å²) < 4.78 is 6.93. The van der Waals surface area contributed by atoms with Gasteiger partial charge >= 0.3 is 0 Å². The Morgan fingerprint density at radius 1 is 1.46 bits per heavy atom. The molecule has 1 aliphatic carbocycles. The van der Waals surface area contributed by atoms with Crippen LogP contribution in [0.15, 0.2) is 18.2 Å². The van der Waals surface area contributed by atoms with Crippen LogP contribution < -0.4 is 10.1 Å². The Labute approximate surface area is 91.8 Å². The van der Waals surface area contributed by atoms with E-state index in [-0.39, 0.29) is 0 Å². The minimum absolute atomic E-state index is 0.473. The van der Waals surface area contributed by atoms with Gasteiger partial charge in [-0.15, -0.1) is 0 Å². The molecule has 1 aromatic rings. The van der Waals surface area contributed by atoms with Gasteiger partial charge in [0.05, 0.1) is 9.67 Å². The van der Waals surface area contributed by atoms with Crippen molar-refractivity contribution in [3.05, 3.63) is 21.8 Å². The van der Waals surface area contributed by atoms with Crippen LogP contribution in [0.3, 0.4) is 0 Å². The number of nitrogens with one attached hydrogen (secondary N) is 1. The van der Waals surface area contributed by atoms with Gasteiger partial charge in [-0.25, -0.2) is 0 Å². The van der Waals surface area contributed by atoms with Crippen molar-refractivity contribution in [3.63, 3.8) is 0 Å². The third-order valence-corrected chi connectivity index (χ3v) is 2.93. The van der Waals surface area contributed by atoms with Crippen molar-refractivity contribution in [1.29, 1.82) is 0 Å². The van der Waals surface area contributed by atoms with Gasteiger partial charge in [-0.1, -0.05) is 0 Å². The summed E-state index contributed by atoms with van der Waals surface area (Å²) >= 11 is 2.30. The zero-order chi connectivity index (χ0) is 9.26. The lowest BCUT2D eigenvalue weighted by Crippen LogP contribution is -1.98. The van der Waals surface area contributed by atoms with Gasteiger partial charge in [0.2, 0.25) is 0 Å². The Hall–Kier alpha value is -0.450. The third kappa shape index (κ3) is 2.27. The fourth-order valence-electron chi connectivity index (χ4n) is 1.11. The van der Waals surface area contributed by atoms with Gasteiger partial charge in [-0.05, 0) is 47.6 Å². The number of rotatable bonds is 3. The number of hydrogen-bond donors (Lipinski definition) is 1. The van der Waals surface area contributed by atoms with Crippen molar-refractivity contribution in [1.82, 2.24) is 0 Å². The zero-order valence-electron chi connectivity index (χ0n) is 7.51. The van der Waals surface area contributed by atoms with Gasteiger partial charge in [0.1, 0.15) is 5.75 Å². The summed E-state index contributed by atoms with van der Waals surface area (Å²) in [5, 5.41) is 3.10. The molecule has 0 bridgehead atoms. The highest BCUT2D eigenvalue weighted by Crippen LogP contribution is 2.31. The molecule has 1 aliphatic rings. The summed E-state index contributed by atoms with van der Waals surface area (Å²) in [5.41, 5.74) is 1.11. The van der Waals surface area contributed by atoms with E-state index in [1.807, 2.05) is 7.05 Å². The molecule has 1 saturated carbocycles. The van der Waals surface area contributed by atoms with Crippen LogP contribution in [-0.4, -0.2) is 13.2 Å². The Morgan fingerprint density at radius 2 is 2.23 bits per heavy atom. The van der Waals surface area contributed by atoms with Gasteiger partial charge in [0.15, 0.2) is 0 Å². The van der Waals surface area contributed by atoms with Crippen LogP contribution in [0.1, 0.15) is 12.8 Å². The molecule has 70 valence electrons. The maximum Gasteiger partial charge on any atom is 0.135 e. The topological polar surface area (TPSA) is 21.3 Å². The van der Waals surface area contributed by atoms with Crippen molar-refractivity contribution >= 4 is 28.3 Å². The monoisotopic (exact) mass is 289 g/mol. The number of halogens is 1. The maximum atomic E-state index is 5.75. The Morgan fingerprint density at radius 3 is 2.85 bits per heavy atom. The average molecular weight is 289 g/mol. The van der Waals surface area contributed by atoms with Crippen molar-refractivity contribution in [2.45, 2.75) is 18.9 Å². The molecule has 0 aliphatic heterocycles. The lowest BCUT2D eigenvalue weighted by atomic mass is 10.3. The molecule has 1 fully saturated rings. The molecular formula is C10H12INO. The Kier molecular flexibility index (Phi) is 2.62. The average Bonchev–Trinajstić information content (AvgIpc) is 2.93. The van der Waals surface area contributed by atoms with E-state index in [0.29, 0.717) is 6.10 Å². The van der Waals surface area contributed by atoms with Gasteiger partial charge in [0.25, 0.3) is 0 Å². The molecule has 0 spiro atoms. The first-order chi connectivity index (χ1) is 6.29. The first kappa shape index (κ1) is 9.12. The molecule has 0 unspecified atom stereocenters. The van der Waals surface area contributed by atoms with E-state index in [1.54, 1.807) is 0 Å². The van der Waals surface area contributed by atoms with Crippen LogP contribution in [0, 0.1) is 3.57 Å². The molecule has 0 atom stereocenters. The summed E-state index contributed by atoms with van der Waals surface area (Å²) in [4.78, 5) is 0. The molecule has 0 saturated heterocycles. The highest BCUT2D eigenvalue weighted by molar-refractivity contribution is 14.1. The fraction of sp³-hybridized carbons (Fsp3) is 0.400. The predicted molar refractivity (Wildman–Crippen MR) is 62.4 cm³/mol. The van der Waals surface area contributed by atoms with Crippen LogP contribution in [0.4, 0.5) is 5.69 Å². The highest BCUT2D eigenvalue weighted by Gasteiger charge is 2.24.